The van der Waals surface area contributed by atoms with Crippen molar-refractivity contribution < 1.29 is 0 Å². The Morgan fingerprint density at radius 3 is 1.82 bits per heavy atom. The van der Waals surface area contributed by atoms with Crippen molar-refractivity contribution in [3.8, 4) is 0 Å². The predicted molar refractivity (Wildman–Crippen MR) is 54.2 cm³/mol. The van der Waals surface area contributed by atoms with E-state index in [2.05, 4.69) is 25.6 Å². The van der Waals surface area contributed by atoms with E-state index in [9.17, 15) is 0 Å². The van der Waals surface area contributed by atoms with Gasteiger partial charge in [0, 0.05) is 10.5 Å². The van der Waals surface area contributed by atoms with E-state index in [0.29, 0.717) is 0 Å². The van der Waals surface area contributed by atoms with Crippen molar-refractivity contribution >= 4 is 11.8 Å². The molecule has 1 heterocycles. The Kier molecular flexibility index (Phi) is 4.36. The molecule has 1 fully saturated rings. The van der Waals surface area contributed by atoms with Gasteiger partial charge in [-0.05, 0) is 25.7 Å². The van der Waals surface area contributed by atoms with E-state index in [-0.39, 0.29) is 0 Å². The number of hydrogen-bond acceptors (Lipinski definition) is 1. The Morgan fingerprint density at radius 1 is 1.00 bits per heavy atom. The van der Waals surface area contributed by atoms with Crippen LogP contribution in [-0.2, 0) is 0 Å². The zero-order chi connectivity index (χ0) is 8.10. The van der Waals surface area contributed by atoms with Gasteiger partial charge in [-0.25, -0.2) is 0 Å². The van der Waals surface area contributed by atoms with Gasteiger partial charge in [0.15, 0.2) is 0 Å². The Hall–Kier alpha value is 0.350. The lowest BCUT2D eigenvalue weighted by molar-refractivity contribution is 0.649. The third kappa shape index (κ3) is 3.06. The average Bonchev–Trinajstić information content (AvgIpc) is 2.38. The Labute approximate surface area is 75.1 Å². The molecule has 0 saturated carbocycles. The zero-order valence-electron chi connectivity index (χ0n) is 7.81. The van der Waals surface area contributed by atoms with Crippen molar-refractivity contribution in [2.24, 2.45) is 0 Å². The molecule has 0 aromatic heterocycles. The van der Waals surface area contributed by atoms with Crippen LogP contribution in [0.3, 0.4) is 0 Å². The van der Waals surface area contributed by atoms with Crippen LogP contribution in [-0.4, -0.2) is 10.5 Å². The van der Waals surface area contributed by atoms with Crippen molar-refractivity contribution in [3.05, 3.63) is 0 Å². The quantitative estimate of drug-likeness (QED) is 0.620. The van der Waals surface area contributed by atoms with Crippen LogP contribution in [0.15, 0.2) is 0 Å². The smallest absolute Gasteiger partial charge is 0.00501 e. The molecule has 1 rings (SSSR count). The van der Waals surface area contributed by atoms with E-state index >= 15 is 0 Å². The van der Waals surface area contributed by atoms with Gasteiger partial charge in [-0.15, -0.1) is 0 Å². The average molecular weight is 172 g/mol. The van der Waals surface area contributed by atoms with Crippen LogP contribution < -0.4 is 0 Å². The molecular formula is C10H20S. The zero-order valence-corrected chi connectivity index (χ0v) is 8.62. The van der Waals surface area contributed by atoms with E-state index < -0.39 is 0 Å². The highest BCUT2D eigenvalue weighted by Crippen LogP contribution is 2.38. The summed E-state index contributed by atoms with van der Waals surface area (Å²) in [5, 5.41) is 2.02. The molecule has 0 spiro atoms. The van der Waals surface area contributed by atoms with Gasteiger partial charge < -0.3 is 0 Å². The fraction of sp³-hybridized carbons (Fsp3) is 1.00. The molecule has 0 amide bonds. The molecule has 0 bridgehead atoms. The van der Waals surface area contributed by atoms with Gasteiger partial charge in [-0.2, -0.15) is 11.8 Å². The lowest BCUT2D eigenvalue weighted by Crippen LogP contribution is -1.96. The molecule has 2 unspecified atom stereocenters. The molecule has 1 aliphatic rings. The fourth-order valence-corrected chi connectivity index (χ4v) is 3.68. The Morgan fingerprint density at radius 2 is 1.45 bits per heavy atom. The summed E-state index contributed by atoms with van der Waals surface area (Å²) in [6, 6.07) is 0. The standard InChI is InChI=1S/C10H20S/c1-3-5-9-7-8-10(11-9)6-4-2/h9-10H,3-8H2,1-2H3. The molecule has 66 valence electrons. The van der Waals surface area contributed by atoms with E-state index in [0.717, 1.165) is 10.5 Å². The number of hydrogen-bond donors (Lipinski definition) is 0. The fourth-order valence-electron chi connectivity index (χ4n) is 1.85. The molecular weight excluding hydrogens is 152 g/mol. The lowest BCUT2D eigenvalue weighted by atomic mass is 10.1. The second kappa shape index (κ2) is 5.08. The van der Waals surface area contributed by atoms with E-state index in [1.807, 2.05) is 0 Å². The maximum absolute atomic E-state index is 2.30. The van der Waals surface area contributed by atoms with Gasteiger partial charge >= 0.3 is 0 Å². The highest BCUT2D eigenvalue weighted by Gasteiger charge is 2.23. The molecule has 0 radical (unpaired) electrons. The first-order valence-electron chi connectivity index (χ1n) is 5.02. The molecule has 1 heteroatoms. The summed E-state index contributed by atoms with van der Waals surface area (Å²) in [5.74, 6) is 0. The molecule has 1 saturated heterocycles. The Balaban J connectivity index is 2.12. The molecule has 0 N–H and O–H groups in total. The maximum Gasteiger partial charge on any atom is 0.00501 e. The van der Waals surface area contributed by atoms with Crippen molar-refractivity contribution in [2.45, 2.75) is 62.9 Å². The molecule has 0 nitrogen and oxygen atoms in total. The summed E-state index contributed by atoms with van der Waals surface area (Å²) < 4.78 is 0. The molecule has 0 aromatic carbocycles. The maximum atomic E-state index is 2.30. The summed E-state index contributed by atoms with van der Waals surface area (Å²) in [6.07, 6.45) is 8.62. The van der Waals surface area contributed by atoms with Crippen molar-refractivity contribution in [3.63, 3.8) is 0 Å². The van der Waals surface area contributed by atoms with Crippen LogP contribution in [0.1, 0.15) is 52.4 Å². The van der Waals surface area contributed by atoms with E-state index in [1.165, 1.54) is 38.5 Å². The van der Waals surface area contributed by atoms with Gasteiger partial charge in [0.05, 0.1) is 0 Å². The van der Waals surface area contributed by atoms with Crippen LogP contribution in [0.2, 0.25) is 0 Å². The molecule has 2 atom stereocenters. The first-order valence-corrected chi connectivity index (χ1v) is 5.96. The van der Waals surface area contributed by atoms with Gasteiger partial charge in [0.2, 0.25) is 0 Å². The second-order valence-electron chi connectivity index (χ2n) is 3.53. The van der Waals surface area contributed by atoms with Crippen LogP contribution >= 0.6 is 11.8 Å². The monoisotopic (exact) mass is 172 g/mol. The molecule has 1 aliphatic heterocycles. The largest absolute Gasteiger partial charge is 0.155 e. The molecule has 11 heavy (non-hydrogen) atoms. The first kappa shape index (κ1) is 9.44. The summed E-state index contributed by atoms with van der Waals surface area (Å²) in [5.41, 5.74) is 0. The van der Waals surface area contributed by atoms with Gasteiger partial charge in [-0.3, -0.25) is 0 Å². The third-order valence-corrected chi connectivity index (χ3v) is 4.13. The second-order valence-corrected chi connectivity index (χ2v) is 5.14. The van der Waals surface area contributed by atoms with Crippen LogP contribution in [0, 0.1) is 0 Å². The van der Waals surface area contributed by atoms with Gasteiger partial charge in [0.25, 0.3) is 0 Å². The summed E-state index contributed by atoms with van der Waals surface area (Å²) >= 11 is 2.26. The normalized spacial score (nSPS) is 31.1. The SMILES string of the molecule is CCCC1CCC(CCC)S1. The predicted octanol–water partition coefficient (Wildman–Crippen LogP) is 3.85. The van der Waals surface area contributed by atoms with Crippen molar-refractivity contribution in [1.82, 2.24) is 0 Å². The van der Waals surface area contributed by atoms with Gasteiger partial charge in [0.1, 0.15) is 0 Å². The highest BCUT2D eigenvalue weighted by molar-refractivity contribution is 8.00. The third-order valence-electron chi connectivity index (χ3n) is 2.42. The van der Waals surface area contributed by atoms with Gasteiger partial charge in [-0.1, -0.05) is 26.7 Å². The first-order chi connectivity index (χ1) is 5.36. The van der Waals surface area contributed by atoms with Crippen molar-refractivity contribution in [2.75, 3.05) is 0 Å². The number of thioether (sulfide) groups is 1. The van der Waals surface area contributed by atoms with E-state index in [4.69, 9.17) is 0 Å². The Bertz CT molecular complexity index is 89.0. The van der Waals surface area contributed by atoms with Crippen LogP contribution in [0.25, 0.3) is 0 Å². The summed E-state index contributed by atoms with van der Waals surface area (Å²) in [7, 11) is 0. The molecule has 0 aliphatic carbocycles. The minimum Gasteiger partial charge on any atom is -0.155 e. The highest BCUT2D eigenvalue weighted by atomic mass is 32.2. The van der Waals surface area contributed by atoms with Crippen LogP contribution in [0.4, 0.5) is 0 Å². The van der Waals surface area contributed by atoms with Crippen molar-refractivity contribution in [1.29, 1.82) is 0 Å². The minimum absolute atomic E-state index is 1.01. The summed E-state index contributed by atoms with van der Waals surface area (Å²) in [4.78, 5) is 0. The van der Waals surface area contributed by atoms with Crippen LogP contribution in [0.5, 0.6) is 0 Å². The lowest BCUT2D eigenvalue weighted by Gasteiger charge is -2.08. The van der Waals surface area contributed by atoms with E-state index in [1.54, 1.807) is 0 Å². The number of rotatable bonds is 4. The molecule has 0 aromatic rings. The minimum atomic E-state index is 1.01. The topological polar surface area (TPSA) is 0 Å². The summed E-state index contributed by atoms with van der Waals surface area (Å²) in [6.45, 7) is 4.60.